The maximum Gasteiger partial charge on any atom is 0.335 e. The first-order valence-electron chi connectivity index (χ1n) is 11.7. The molecule has 1 unspecified atom stereocenters. The number of piperidine rings is 1. The number of rotatable bonds is 3. The molecule has 0 aromatic heterocycles. The minimum absolute atomic E-state index is 0.0711. The summed E-state index contributed by atoms with van der Waals surface area (Å²) in [4.78, 5) is 13.7. The Bertz CT molecular complexity index is 1050. The topological polar surface area (TPSA) is 87.1 Å². The summed E-state index contributed by atoms with van der Waals surface area (Å²) >= 11 is 0. The van der Waals surface area contributed by atoms with Gasteiger partial charge in [-0.05, 0) is 80.6 Å². The molecule has 4 rings (SSSR count). The van der Waals surface area contributed by atoms with Gasteiger partial charge in [-0.25, -0.2) is 13.2 Å². The second-order valence-corrected chi connectivity index (χ2v) is 10.7. The van der Waals surface area contributed by atoms with Crippen LogP contribution in [0.2, 0.25) is 0 Å². The molecule has 2 aromatic carbocycles. The van der Waals surface area contributed by atoms with Gasteiger partial charge in [-0.15, -0.1) is 0 Å². The molecule has 0 spiro atoms. The molecule has 1 fully saturated rings. The summed E-state index contributed by atoms with van der Waals surface area (Å²) in [6, 6.07) is 14.1. The van der Waals surface area contributed by atoms with Gasteiger partial charge < -0.3 is 9.84 Å². The van der Waals surface area contributed by atoms with Crippen molar-refractivity contribution in [2.75, 3.05) is 32.8 Å². The largest absolute Gasteiger partial charge is 0.494 e. The zero-order valence-electron chi connectivity index (χ0n) is 18.9. The Morgan fingerprint density at radius 3 is 2.55 bits per heavy atom. The number of carbonyl (C=O) groups is 1. The third kappa shape index (κ3) is 5.93. The minimum atomic E-state index is -3.74. The standard InChI is InChI=1S/C25H32N2O5S/c28-25(29)21-9-12-24(13-10-21)33(30,31)27-15-4-18-32-23-7-3-5-20(19-23)8-11-22-6-1-2-14-26(22)16-17-27/h3,5,7,9-10,12-13,19,22H,1-2,4,6,8,11,14-18H2,(H,28,29). The predicted octanol–water partition coefficient (Wildman–Crippen LogP) is 3.65. The van der Waals surface area contributed by atoms with Crippen LogP contribution < -0.4 is 4.74 Å². The molecule has 1 N–H and O–H groups in total. The SMILES string of the molecule is O=C(O)c1ccc(S(=O)(=O)N2CCCOc3cccc(c3)CCC3CCCCN3CC2)cc1. The molecular weight excluding hydrogens is 440 g/mol. The normalized spacial score (nSPS) is 21.4. The number of carboxylic acid groups (broad SMARTS) is 1. The highest BCUT2D eigenvalue weighted by Crippen LogP contribution is 2.24. The summed E-state index contributed by atoms with van der Waals surface area (Å²) in [5.41, 5.74) is 1.35. The van der Waals surface area contributed by atoms with Crippen LogP contribution in [0.1, 0.15) is 48.0 Å². The number of carboxylic acids is 1. The lowest BCUT2D eigenvalue weighted by molar-refractivity contribution is 0.0696. The molecule has 2 aliphatic heterocycles. The van der Waals surface area contributed by atoms with Crippen molar-refractivity contribution in [3.8, 4) is 5.75 Å². The number of fused-ring (bicyclic) bond motifs is 3. The van der Waals surface area contributed by atoms with E-state index in [-0.39, 0.29) is 10.5 Å². The van der Waals surface area contributed by atoms with Gasteiger partial charge in [-0.3, -0.25) is 4.90 Å². The van der Waals surface area contributed by atoms with Crippen LogP contribution in [0.25, 0.3) is 0 Å². The molecular formula is C25H32N2O5S. The summed E-state index contributed by atoms with van der Waals surface area (Å²) in [6.45, 7) is 2.87. The number of nitrogens with zero attached hydrogens (tertiary/aromatic N) is 2. The molecule has 2 aromatic rings. The van der Waals surface area contributed by atoms with Crippen molar-refractivity contribution in [1.29, 1.82) is 0 Å². The lowest BCUT2D eigenvalue weighted by Crippen LogP contribution is -2.45. The lowest BCUT2D eigenvalue weighted by atomic mass is 9.95. The van der Waals surface area contributed by atoms with Crippen LogP contribution in [0, 0.1) is 0 Å². The van der Waals surface area contributed by atoms with Gasteiger partial charge in [0.15, 0.2) is 0 Å². The highest BCUT2D eigenvalue weighted by molar-refractivity contribution is 7.89. The van der Waals surface area contributed by atoms with Crippen LogP contribution in [0.4, 0.5) is 0 Å². The Kier molecular flexibility index (Phi) is 7.67. The van der Waals surface area contributed by atoms with Gasteiger partial charge in [-0.1, -0.05) is 18.6 Å². The first-order chi connectivity index (χ1) is 15.9. The highest BCUT2D eigenvalue weighted by atomic mass is 32.2. The van der Waals surface area contributed by atoms with Crippen LogP contribution >= 0.6 is 0 Å². The third-order valence-corrected chi connectivity index (χ3v) is 8.52. The summed E-state index contributed by atoms with van der Waals surface area (Å²) in [6.07, 6.45) is 6.09. The quantitative estimate of drug-likeness (QED) is 0.734. The summed E-state index contributed by atoms with van der Waals surface area (Å²) in [5, 5.41) is 9.13. The van der Waals surface area contributed by atoms with E-state index in [0.717, 1.165) is 38.0 Å². The van der Waals surface area contributed by atoms with Gasteiger partial charge in [0, 0.05) is 25.7 Å². The molecule has 33 heavy (non-hydrogen) atoms. The van der Waals surface area contributed by atoms with Crippen molar-refractivity contribution in [2.24, 2.45) is 0 Å². The van der Waals surface area contributed by atoms with E-state index in [4.69, 9.17) is 9.84 Å². The fraction of sp³-hybridized carbons (Fsp3) is 0.480. The number of benzene rings is 2. The molecule has 0 amide bonds. The van der Waals surface area contributed by atoms with Crippen LogP contribution in [-0.2, 0) is 16.4 Å². The zero-order valence-corrected chi connectivity index (χ0v) is 19.7. The van der Waals surface area contributed by atoms with Gasteiger partial charge in [0.25, 0.3) is 0 Å². The number of hydrogen-bond donors (Lipinski definition) is 1. The van der Waals surface area contributed by atoms with Crippen LogP contribution in [0.3, 0.4) is 0 Å². The van der Waals surface area contributed by atoms with E-state index in [2.05, 4.69) is 17.0 Å². The molecule has 1 saturated heterocycles. The Morgan fingerprint density at radius 2 is 1.76 bits per heavy atom. The van der Waals surface area contributed by atoms with Crippen LogP contribution in [-0.4, -0.2) is 67.5 Å². The molecule has 0 aliphatic carbocycles. The molecule has 178 valence electrons. The fourth-order valence-corrected chi connectivity index (χ4v) is 6.22. The number of sulfonamides is 1. The maximum atomic E-state index is 13.4. The summed E-state index contributed by atoms with van der Waals surface area (Å²) in [7, 11) is -3.74. The van der Waals surface area contributed by atoms with Crippen molar-refractivity contribution >= 4 is 16.0 Å². The molecule has 2 bridgehead atoms. The average molecular weight is 473 g/mol. The second kappa shape index (κ2) is 10.7. The fourth-order valence-electron chi connectivity index (χ4n) is 4.75. The van der Waals surface area contributed by atoms with Crippen molar-refractivity contribution in [3.05, 3.63) is 59.7 Å². The monoisotopic (exact) mass is 472 g/mol. The van der Waals surface area contributed by atoms with E-state index in [9.17, 15) is 13.2 Å². The van der Waals surface area contributed by atoms with E-state index < -0.39 is 16.0 Å². The van der Waals surface area contributed by atoms with E-state index in [1.54, 1.807) is 0 Å². The second-order valence-electron chi connectivity index (χ2n) is 8.81. The van der Waals surface area contributed by atoms with Crippen molar-refractivity contribution in [1.82, 2.24) is 9.21 Å². The van der Waals surface area contributed by atoms with Gasteiger partial charge in [0.2, 0.25) is 10.0 Å². The van der Waals surface area contributed by atoms with Gasteiger partial charge in [-0.2, -0.15) is 4.31 Å². The summed E-state index contributed by atoms with van der Waals surface area (Å²) < 4.78 is 34.3. The van der Waals surface area contributed by atoms with Crippen molar-refractivity contribution in [3.63, 3.8) is 0 Å². The number of aromatic carboxylic acids is 1. The number of aryl methyl sites for hydroxylation is 1. The van der Waals surface area contributed by atoms with Gasteiger partial charge in [0.1, 0.15) is 5.75 Å². The zero-order chi connectivity index (χ0) is 23.3. The highest BCUT2D eigenvalue weighted by Gasteiger charge is 2.28. The minimum Gasteiger partial charge on any atom is -0.494 e. The van der Waals surface area contributed by atoms with Crippen LogP contribution in [0.5, 0.6) is 5.75 Å². The molecule has 8 heteroatoms. The first kappa shape index (κ1) is 23.7. The Hall–Kier alpha value is -2.42. The first-order valence-corrected chi connectivity index (χ1v) is 13.2. The average Bonchev–Trinajstić information content (AvgIpc) is 2.82. The summed E-state index contributed by atoms with van der Waals surface area (Å²) in [5.74, 6) is -0.252. The number of hydrogen-bond acceptors (Lipinski definition) is 5. The maximum absolute atomic E-state index is 13.4. The smallest absolute Gasteiger partial charge is 0.335 e. The van der Waals surface area contributed by atoms with Crippen molar-refractivity contribution < 1.29 is 23.1 Å². The molecule has 7 nitrogen and oxygen atoms in total. The molecule has 0 radical (unpaired) electrons. The van der Waals surface area contributed by atoms with Crippen LogP contribution in [0.15, 0.2) is 53.4 Å². The lowest BCUT2D eigenvalue weighted by Gasteiger charge is -2.37. The van der Waals surface area contributed by atoms with Gasteiger partial charge in [0.05, 0.1) is 17.1 Å². The van der Waals surface area contributed by atoms with Gasteiger partial charge >= 0.3 is 5.97 Å². The molecule has 0 saturated carbocycles. The van der Waals surface area contributed by atoms with Crippen molar-refractivity contribution in [2.45, 2.75) is 49.5 Å². The Balaban J connectivity index is 1.56. The van der Waals surface area contributed by atoms with E-state index in [1.807, 2.05) is 12.1 Å². The molecule has 1 atom stereocenters. The Labute approximate surface area is 196 Å². The Morgan fingerprint density at radius 1 is 0.939 bits per heavy atom. The predicted molar refractivity (Wildman–Crippen MR) is 126 cm³/mol. The molecule has 2 aliphatic rings. The van der Waals surface area contributed by atoms with E-state index >= 15 is 0 Å². The molecule has 2 heterocycles. The van der Waals surface area contributed by atoms with E-state index in [1.165, 1.54) is 40.6 Å². The number of ether oxygens (including phenoxy) is 1. The third-order valence-electron chi connectivity index (χ3n) is 6.61. The van der Waals surface area contributed by atoms with E-state index in [0.29, 0.717) is 38.7 Å².